The van der Waals surface area contributed by atoms with Crippen molar-refractivity contribution in [2.45, 2.75) is 39.3 Å². The van der Waals surface area contributed by atoms with Gasteiger partial charge in [0, 0.05) is 16.8 Å². The molecule has 0 unspecified atom stereocenters. The van der Waals surface area contributed by atoms with E-state index >= 15 is 0 Å². The zero-order chi connectivity index (χ0) is 23.6. The van der Waals surface area contributed by atoms with Crippen molar-refractivity contribution in [3.8, 4) is 17.2 Å². The number of methoxy groups -OCH3 is 3. The maximum Gasteiger partial charge on any atom is 0.252 e. The number of amides is 1. The van der Waals surface area contributed by atoms with Crippen LogP contribution in [-0.4, -0.2) is 37.0 Å². The Morgan fingerprint density at radius 2 is 1.76 bits per heavy atom. The molecule has 0 spiro atoms. The molecule has 3 aromatic rings. The van der Waals surface area contributed by atoms with E-state index in [1.54, 1.807) is 19.2 Å². The Bertz CT molecular complexity index is 1110. The molecular weight excluding hydrogens is 418 g/mol. The van der Waals surface area contributed by atoms with Gasteiger partial charge in [-0.1, -0.05) is 44.2 Å². The molecule has 2 aromatic carbocycles. The molecule has 0 aliphatic heterocycles. The average Bonchev–Trinajstić information content (AvgIpc) is 3.19. The van der Waals surface area contributed by atoms with E-state index in [1.165, 1.54) is 25.5 Å². The Balaban J connectivity index is 1.62. The molecule has 0 saturated carbocycles. The van der Waals surface area contributed by atoms with Crippen molar-refractivity contribution < 1.29 is 19.0 Å². The minimum absolute atomic E-state index is 0.0225. The van der Waals surface area contributed by atoms with Crippen molar-refractivity contribution in [1.82, 2.24) is 15.1 Å². The van der Waals surface area contributed by atoms with Crippen LogP contribution < -0.4 is 19.5 Å². The fourth-order valence-electron chi connectivity index (χ4n) is 4.57. The highest BCUT2D eigenvalue weighted by molar-refractivity contribution is 5.96. The molecule has 1 amide bonds. The number of rotatable bonds is 7. The van der Waals surface area contributed by atoms with Crippen LogP contribution in [0.1, 0.15) is 53.5 Å². The largest absolute Gasteiger partial charge is 0.493 e. The van der Waals surface area contributed by atoms with Gasteiger partial charge in [-0.25, -0.2) is 0 Å². The van der Waals surface area contributed by atoms with Crippen molar-refractivity contribution in [2.24, 2.45) is 5.41 Å². The van der Waals surface area contributed by atoms with Gasteiger partial charge in [0.15, 0.2) is 11.5 Å². The number of benzene rings is 2. The molecular formula is C26H31N3O4. The number of nitrogens with zero attached hydrogens (tertiary/aromatic N) is 2. The number of ether oxygens (including phenoxy) is 3. The van der Waals surface area contributed by atoms with Gasteiger partial charge >= 0.3 is 0 Å². The van der Waals surface area contributed by atoms with Crippen LogP contribution in [0.25, 0.3) is 0 Å². The van der Waals surface area contributed by atoms with Crippen LogP contribution in [0.5, 0.6) is 17.2 Å². The Morgan fingerprint density at radius 1 is 1.09 bits per heavy atom. The number of aromatic nitrogens is 2. The van der Waals surface area contributed by atoms with Gasteiger partial charge < -0.3 is 19.5 Å². The molecule has 174 valence electrons. The molecule has 1 atom stereocenters. The molecule has 1 aromatic heterocycles. The third-order valence-electron chi connectivity index (χ3n) is 6.17. The predicted octanol–water partition coefficient (Wildman–Crippen LogP) is 4.40. The third kappa shape index (κ3) is 4.67. The first-order valence-electron chi connectivity index (χ1n) is 11.0. The van der Waals surface area contributed by atoms with Crippen molar-refractivity contribution in [1.29, 1.82) is 0 Å². The molecule has 0 saturated heterocycles. The topological polar surface area (TPSA) is 74.6 Å². The number of hydrogen-bond acceptors (Lipinski definition) is 5. The maximum atomic E-state index is 13.3. The van der Waals surface area contributed by atoms with Crippen LogP contribution in [0, 0.1) is 5.41 Å². The third-order valence-corrected chi connectivity index (χ3v) is 6.17. The molecule has 7 nitrogen and oxygen atoms in total. The first-order valence-corrected chi connectivity index (χ1v) is 11.0. The quantitative estimate of drug-likeness (QED) is 0.579. The van der Waals surface area contributed by atoms with Crippen LogP contribution in [0.3, 0.4) is 0 Å². The van der Waals surface area contributed by atoms with Gasteiger partial charge in [-0.3, -0.25) is 9.48 Å². The zero-order valence-electron chi connectivity index (χ0n) is 19.8. The standard InChI is InChI=1S/C26H31N3O4/c1-26(2)13-20(19-15-27-29(21(19)14-26)16-17-9-7-6-8-10-17)28-25(30)18-11-22(31-3)24(33-5)23(12-18)32-4/h6-12,15,20H,13-14,16H2,1-5H3,(H,28,30)/t20-/m0/s1. The molecule has 1 aliphatic rings. The second-order valence-corrected chi connectivity index (χ2v) is 9.18. The number of carbonyl (C=O) groups is 1. The second-order valence-electron chi connectivity index (χ2n) is 9.18. The summed E-state index contributed by atoms with van der Waals surface area (Å²) >= 11 is 0. The summed E-state index contributed by atoms with van der Waals surface area (Å²) in [4.78, 5) is 13.3. The summed E-state index contributed by atoms with van der Waals surface area (Å²) in [6, 6.07) is 13.5. The van der Waals surface area contributed by atoms with Gasteiger partial charge in [-0.15, -0.1) is 0 Å². The van der Waals surface area contributed by atoms with Gasteiger partial charge in [0.25, 0.3) is 5.91 Å². The monoisotopic (exact) mass is 449 g/mol. The van der Waals surface area contributed by atoms with Crippen LogP contribution in [0.2, 0.25) is 0 Å². The minimum atomic E-state index is -0.196. The molecule has 1 heterocycles. The maximum absolute atomic E-state index is 13.3. The highest BCUT2D eigenvalue weighted by atomic mass is 16.5. The molecule has 4 rings (SSSR count). The fourth-order valence-corrected chi connectivity index (χ4v) is 4.57. The normalized spacial score (nSPS) is 16.6. The molecule has 1 N–H and O–H groups in total. The summed E-state index contributed by atoms with van der Waals surface area (Å²) in [5.41, 5.74) is 3.92. The zero-order valence-corrected chi connectivity index (χ0v) is 19.8. The van der Waals surface area contributed by atoms with E-state index in [9.17, 15) is 4.79 Å². The van der Waals surface area contributed by atoms with Crippen LogP contribution in [0.15, 0.2) is 48.7 Å². The van der Waals surface area contributed by atoms with Crippen LogP contribution in [0.4, 0.5) is 0 Å². The number of nitrogens with one attached hydrogen (secondary N) is 1. The van der Waals surface area contributed by atoms with Crippen molar-refractivity contribution in [3.63, 3.8) is 0 Å². The van der Waals surface area contributed by atoms with Crippen LogP contribution >= 0.6 is 0 Å². The van der Waals surface area contributed by atoms with Crippen molar-refractivity contribution in [3.05, 3.63) is 71.0 Å². The molecule has 7 heteroatoms. The Kier molecular flexibility index (Phi) is 6.31. The highest BCUT2D eigenvalue weighted by Crippen LogP contribution is 2.42. The van der Waals surface area contributed by atoms with Gasteiger partial charge in [0.2, 0.25) is 5.75 Å². The van der Waals surface area contributed by atoms with E-state index in [0.717, 1.165) is 18.4 Å². The van der Waals surface area contributed by atoms with Crippen LogP contribution in [-0.2, 0) is 13.0 Å². The smallest absolute Gasteiger partial charge is 0.252 e. The van der Waals surface area contributed by atoms with Gasteiger partial charge in [0.05, 0.1) is 40.1 Å². The lowest BCUT2D eigenvalue weighted by atomic mass is 9.74. The Morgan fingerprint density at radius 3 is 2.36 bits per heavy atom. The first-order chi connectivity index (χ1) is 15.8. The second kappa shape index (κ2) is 9.17. The number of carbonyl (C=O) groups excluding carboxylic acids is 1. The van der Waals surface area contributed by atoms with E-state index in [2.05, 4.69) is 41.1 Å². The van der Waals surface area contributed by atoms with Gasteiger partial charge in [-0.05, 0) is 36.0 Å². The summed E-state index contributed by atoms with van der Waals surface area (Å²) in [6.07, 6.45) is 3.63. The van der Waals surface area contributed by atoms with E-state index in [-0.39, 0.29) is 17.4 Å². The summed E-state index contributed by atoms with van der Waals surface area (Å²) < 4.78 is 18.3. The fraction of sp³-hybridized carbons (Fsp3) is 0.385. The molecule has 0 fully saturated rings. The summed E-state index contributed by atoms with van der Waals surface area (Å²) in [5.74, 6) is 1.16. The van der Waals surface area contributed by atoms with Gasteiger partial charge in [-0.2, -0.15) is 5.10 Å². The van der Waals surface area contributed by atoms with E-state index < -0.39 is 0 Å². The summed E-state index contributed by atoms with van der Waals surface area (Å²) in [7, 11) is 4.62. The van der Waals surface area contributed by atoms with E-state index in [4.69, 9.17) is 14.2 Å². The minimum Gasteiger partial charge on any atom is -0.493 e. The van der Waals surface area contributed by atoms with Gasteiger partial charge in [0.1, 0.15) is 0 Å². The lowest BCUT2D eigenvalue weighted by Gasteiger charge is -2.36. The first kappa shape index (κ1) is 22.7. The Hall–Kier alpha value is -3.48. The van der Waals surface area contributed by atoms with E-state index in [1.807, 2.05) is 24.4 Å². The number of hydrogen-bond donors (Lipinski definition) is 1. The van der Waals surface area contributed by atoms with Crippen molar-refractivity contribution >= 4 is 5.91 Å². The molecule has 0 bridgehead atoms. The lowest BCUT2D eigenvalue weighted by Crippen LogP contribution is -2.37. The SMILES string of the molecule is COc1cc(C(=O)N[C@H]2CC(C)(C)Cc3c2cnn3Cc2ccccc2)cc(OC)c1OC. The molecule has 1 aliphatic carbocycles. The number of fused-ring (bicyclic) bond motifs is 1. The average molecular weight is 450 g/mol. The molecule has 33 heavy (non-hydrogen) atoms. The highest BCUT2D eigenvalue weighted by Gasteiger charge is 2.36. The summed E-state index contributed by atoms with van der Waals surface area (Å²) in [6.45, 7) is 5.17. The Labute approximate surface area is 194 Å². The van der Waals surface area contributed by atoms with Crippen molar-refractivity contribution in [2.75, 3.05) is 21.3 Å². The van der Waals surface area contributed by atoms with E-state index in [0.29, 0.717) is 29.4 Å². The predicted molar refractivity (Wildman–Crippen MR) is 126 cm³/mol. The lowest BCUT2D eigenvalue weighted by molar-refractivity contribution is 0.0918. The summed E-state index contributed by atoms with van der Waals surface area (Å²) in [5, 5.41) is 7.90. The molecule has 0 radical (unpaired) electrons.